The molecule has 1 aromatic carbocycles. The van der Waals surface area contributed by atoms with Gasteiger partial charge in [0, 0.05) is 25.3 Å². The van der Waals surface area contributed by atoms with Crippen LogP contribution in [0.3, 0.4) is 0 Å². The summed E-state index contributed by atoms with van der Waals surface area (Å²) >= 11 is 0. The van der Waals surface area contributed by atoms with Gasteiger partial charge in [0.05, 0.1) is 19.8 Å². The van der Waals surface area contributed by atoms with E-state index in [-0.39, 0.29) is 5.91 Å². The van der Waals surface area contributed by atoms with E-state index in [0.29, 0.717) is 39.4 Å². The first-order valence-electron chi connectivity index (χ1n) is 7.37. The Bertz CT molecular complexity index is 436. The van der Waals surface area contributed by atoms with E-state index in [0.717, 1.165) is 16.8 Å². The van der Waals surface area contributed by atoms with Gasteiger partial charge in [-0.25, -0.2) is 0 Å². The van der Waals surface area contributed by atoms with Gasteiger partial charge in [0.15, 0.2) is 0 Å². The number of ether oxygens (including phenoxy) is 2. The Labute approximate surface area is 127 Å². The number of nitrogens with one attached hydrogen (secondary N) is 2. The van der Waals surface area contributed by atoms with E-state index < -0.39 is 0 Å². The Balaban J connectivity index is 2.51. The van der Waals surface area contributed by atoms with Gasteiger partial charge in [-0.3, -0.25) is 4.79 Å². The van der Waals surface area contributed by atoms with Crippen molar-refractivity contribution in [2.75, 3.05) is 38.7 Å². The van der Waals surface area contributed by atoms with Crippen LogP contribution in [-0.4, -0.2) is 39.3 Å². The standard InChI is InChI=1S/C16H26N2O3/c1-4-20-10-11-21-12-14-6-5-7-15(13(14)2)18-16(19)8-9-17-3/h5-7,17H,4,8-12H2,1-3H3,(H,18,19). The number of hydrogen-bond donors (Lipinski definition) is 2. The van der Waals surface area contributed by atoms with Crippen LogP contribution in [0.5, 0.6) is 0 Å². The zero-order valence-electron chi connectivity index (χ0n) is 13.2. The molecule has 118 valence electrons. The average Bonchev–Trinajstić information content (AvgIpc) is 2.48. The molecule has 0 bridgehead atoms. The molecule has 0 aliphatic rings. The quantitative estimate of drug-likeness (QED) is 0.649. The van der Waals surface area contributed by atoms with Gasteiger partial charge in [0.1, 0.15) is 0 Å². The summed E-state index contributed by atoms with van der Waals surface area (Å²) in [4.78, 5) is 11.8. The Morgan fingerprint density at radius 3 is 2.71 bits per heavy atom. The second-order valence-electron chi connectivity index (χ2n) is 4.74. The Morgan fingerprint density at radius 2 is 2.00 bits per heavy atom. The van der Waals surface area contributed by atoms with E-state index in [4.69, 9.17) is 9.47 Å². The van der Waals surface area contributed by atoms with Crippen molar-refractivity contribution in [1.82, 2.24) is 5.32 Å². The molecule has 0 unspecified atom stereocenters. The van der Waals surface area contributed by atoms with Gasteiger partial charge < -0.3 is 20.1 Å². The van der Waals surface area contributed by atoms with Crippen molar-refractivity contribution in [2.45, 2.75) is 26.9 Å². The summed E-state index contributed by atoms with van der Waals surface area (Å²) in [5.74, 6) is 0.0156. The molecule has 0 fully saturated rings. The van der Waals surface area contributed by atoms with E-state index in [1.54, 1.807) is 0 Å². The third-order valence-corrected chi connectivity index (χ3v) is 3.16. The lowest BCUT2D eigenvalue weighted by Gasteiger charge is -2.13. The van der Waals surface area contributed by atoms with Crippen molar-refractivity contribution < 1.29 is 14.3 Å². The maximum atomic E-state index is 11.8. The summed E-state index contributed by atoms with van der Waals surface area (Å²) in [6, 6.07) is 5.86. The van der Waals surface area contributed by atoms with Crippen molar-refractivity contribution >= 4 is 11.6 Å². The van der Waals surface area contributed by atoms with Gasteiger partial charge in [-0.1, -0.05) is 12.1 Å². The average molecular weight is 294 g/mol. The monoisotopic (exact) mass is 294 g/mol. The normalized spacial score (nSPS) is 10.6. The van der Waals surface area contributed by atoms with Crippen molar-refractivity contribution in [3.05, 3.63) is 29.3 Å². The summed E-state index contributed by atoms with van der Waals surface area (Å²) in [5.41, 5.74) is 2.98. The van der Waals surface area contributed by atoms with Crippen LogP contribution in [-0.2, 0) is 20.9 Å². The summed E-state index contributed by atoms with van der Waals surface area (Å²) in [6.07, 6.45) is 0.463. The van der Waals surface area contributed by atoms with E-state index in [1.807, 2.05) is 39.1 Å². The summed E-state index contributed by atoms with van der Waals surface area (Å²) < 4.78 is 10.8. The molecule has 5 heteroatoms. The van der Waals surface area contributed by atoms with E-state index in [2.05, 4.69) is 10.6 Å². The van der Waals surface area contributed by atoms with Gasteiger partial charge in [-0.15, -0.1) is 0 Å². The van der Waals surface area contributed by atoms with Gasteiger partial charge in [-0.05, 0) is 38.1 Å². The van der Waals surface area contributed by atoms with E-state index in [9.17, 15) is 4.79 Å². The number of hydrogen-bond acceptors (Lipinski definition) is 4. The van der Waals surface area contributed by atoms with Crippen molar-refractivity contribution in [1.29, 1.82) is 0 Å². The maximum Gasteiger partial charge on any atom is 0.225 e. The van der Waals surface area contributed by atoms with Crippen LogP contribution >= 0.6 is 0 Å². The maximum absolute atomic E-state index is 11.8. The fourth-order valence-electron chi connectivity index (χ4n) is 1.87. The van der Waals surface area contributed by atoms with E-state index in [1.165, 1.54) is 0 Å². The van der Waals surface area contributed by atoms with Crippen LogP contribution < -0.4 is 10.6 Å². The molecule has 1 aromatic rings. The molecule has 0 radical (unpaired) electrons. The lowest BCUT2D eigenvalue weighted by Crippen LogP contribution is -2.19. The molecule has 21 heavy (non-hydrogen) atoms. The van der Waals surface area contributed by atoms with Crippen LogP contribution in [0, 0.1) is 6.92 Å². The molecule has 2 N–H and O–H groups in total. The first kappa shape index (κ1) is 17.6. The molecule has 1 rings (SSSR count). The van der Waals surface area contributed by atoms with Crippen molar-refractivity contribution in [2.24, 2.45) is 0 Å². The highest BCUT2D eigenvalue weighted by Crippen LogP contribution is 2.19. The predicted octanol–water partition coefficient (Wildman–Crippen LogP) is 2.10. The SMILES string of the molecule is CCOCCOCc1cccc(NC(=O)CCNC)c1C. The Morgan fingerprint density at radius 1 is 1.24 bits per heavy atom. The van der Waals surface area contributed by atoms with Crippen LogP contribution in [0.15, 0.2) is 18.2 Å². The molecule has 0 saturated carbocycles. The van der Waals surface area contributed by atoms with Gasteiger partial charge in [0.25, 0.3) is 0 Å². The van der Waals surface area contributed by atoms with Crippen LogP contribution in [0.1, 0.15) is 24.5 Å². The molecular formula is C16H26N2O3. The lowest BCUT2D eigenvalue weighted by molar-refractivity contribution is -0.116. The predicted molar refractivity (Wildman–Crippen MR) is 84.5 cm³/mol. The first-order valence-corrected chi connectivity index (χ1v) is 7.37. The summed E-state index contributed by atoms with van der Waals surface area (Å²) in [6.45, 7) is 7.04. The topological polar surface area (TPSA) is 59.6 Å². The molecule has 0 aliphatic heterocycles. The lowest BCUT2D eigenvalue weighted by atomic mass is 10.1. The minimum atomic E-state index is 0.0156. The van der Waals surface area contributed by atoms with Gasteiger partial charge >= 0.3 is 0 Å². The highest BCUT2D eigenvalue weighted by Gasteiger charge is 2.07. The van der Waals surface area contributed by atoms with Crippen molar-refractivity contribution in [3.63, 3.8) is 0 Å². The highest BCUT2D eigenvalue weighted by atomic mass is 16.5. The second kappa shape index (κ2) is 10.3. The molecule has 0 heterocycles. The molecule has 0 aliphatic carbocycles. The summed E-state index contributed by atoms with van der Waals surface area (Å²) in [5, 5.41) is 5.90. The molecule has 0 saturated heterocycles. The third kappa shape index (κ3) is 6.71. The fourth-order valence-corrected chi connectivity index (χ4v) is 1.87. The number of carbonyl (C=O) groups excluding carboxylic acids is 1. The zero-order valence-corrected chi connectivity index (χ0v) is 13.2. The summed E-state index contributed by atoms with van der Waals surface area (Å²) in [7, 11) is 1.83. The molecule has 0 atom stereocenters. The fraction of sp³-hybridized carbons (Fsp3) is 0.562. The van der Waals surface area contributed by atoms with Crippen LogP contribution in [0.2, 0.25) is 0 Å². The Hall–Kier alpha value is -1.43. The number of rotatable bonds is 10. The van der Waals surface area contributed by atoms with Gasteiger partial charge in [-0.2, -0.15) is 0 Å². The Kier molecular flexibility index (Phi) is 8.66. The molecular weight excluding hydrogens is 268 g/mol. The minimum Gasteiger partial charge on any atom is -0.379 e. The van der Waals surface area contributed by atoms with Crippen molar-refractivity contribution in [3.8, 4) is 0 Å². The van der Waals surface area contributed by atoms with Crippen LogP contribution in [0.4, 0.5) is 5.69 Å². The smallest absolute Gasteiger partial charge is 0.225 e. The number of carbonyl (C=O) groups is 1. The third-order valence-electron chi connectivity index (χ3n) is 3.16. The molecule has 0 aromatic heterocycles. The minimum absolute atomic E-state index is 0.0156. The largest absolute Gasteiger partial charge is 0.379 e. The molecule has 5 nitrogen and oxygen atoms in total. The molecule has 1 amide bonds. The van der Waals surface area contributed by atoms with Crippen LogP contribution in [0.25, 0.3) is 0 Å². The second-order valence-corrected chi connectivity index (χ2v) is 4.74. The van der Waals surface area contributed by atoms with E-state index >= 15 is 0 Å². The number of amides is 1. The zero-order chi connectivity index (χ0) is 15.5. The molecule has 0 spiro atoms. The number of benzene rings is 1. The van der Waals surface area contributed by atoms with Gasteiger partial charge in [0.2, 0.25) is 5.91 Å². The first-order chi connectivity index (χ1) is 10.2. The number of anilines is 1. The highest BCUT2D eigenvalue weighted by molar-refractivity contribution is 5.91.